The molecular formula is C14H22N2O3. The van der Waals surface area contributed by atoms with E-state index >= 15 is 0 Å². The van der Waals surface area contributed by atoms with Crippen molar-refractivity contribution in [1.82, 2.24) is 9.97 Å². The summed E-state index contributed by atoms with van der Waals surface area (Å²) in [5.74, 6) is -0.690. The number of aliphatic carboxylic acids is 1. The summed E-state index contributed by atoms with van der Waals surface area (Å²) in [6, 6.07) is 0. The van der Waals surface area contributed by atoms with Crippen LogP contribution in [0.1, 0.15) is 52.9 Å². The van der Waals surface area contributed by atoms with Crippen LogP contribution < -0.4 is 0 Å². The number of nitrogens with zero attached hydrogens (tertiary/aromatic N) is 2. The smallest absolute Gasteiger partial charge is 0.341 e. The fraction of sp³-hybridized carbons (Fsp3) is 0.643. The highest BCUT2D eigenvalue weighted by atomic mass is 16.4. The molecule has 0 aliphatic rings. The summed E-state index contributed by atoms with van der Waals surface area (Å²) < 4.78 is 0. The Bertz CT molecular complexity index is 469. The van der Waals surface area contributed by atoms with Gasteiger partial charge in [0.15, 0.2) is 5.60 Å². The largest absolute Gasteiger partial charge is 0.479 e. The summed E-state index contributed by atoms with van der Waals surface area (Å²) in [5, 5.41) is 19.9. The van der Waals surface area contributed by atoms with Gasteiger partial charge in [-0.25, -0.2) is 14.8 Å². The number of rotatable bonds is 2. The Kier molecular flexibility index (Phi) is 3.74. The zero-order valence-corrected chi connectivity index (χ0v) is 12.4. The van der Waals surface area contributed by atoms with E-state index in [2.05, 4.69) is 9.97 Å². The molecule has 0 aliphatic heterocycles. The lowest BCUT2D eigenvalue weighted by Gasteiger charge is -2.36. The SMILES string of the molecule is CC(C)(C)c1ncc([C@](O)(C(=O)O)C(C)(C)C)cn1. The molecule has 0 fully saturated rings. The molecule has 1 aromatic heterocycles. The Hall–Kier alpha value is -1.49. The number of aliphatic hydroxyl groups is 1. The lowest BCUT2D eigenvalue weighted by atomic mass is 9.73. The predicted octanol–water partition coefficient (Wildman–Crippen LogP) is 2.09. The predicted molar refractivity (Wildman–Crippen MR) is 71.7 cm³/mol. The summed E-state index contributed by atoms with van der Waals surface area (Å²) in [5.41, 5.74) is -2.91. The zero-order valence-electron chi connectivity index (χ0n) is 12.4. The molecule has 5 nitrogen and oxygen atoms in total. The van der Waals surface area contributed by atoms with Crippen LogP contribution in [0.5, 0.6) is 0 Å². The second kappa shape index (κ2) is 4.56. The van der Waals surface area contributed by atoms with Crippen molar-refractivity contribution in [2.75, 3.05) is 0 Å². The Labute approximate surface area is 113 Å². The van der Waals surface area contributed by atoms with Gasteiger partial charge in [-0.05, 0) is 0 Å². The molecule has 1 atom stereocenters. The van der Waals surface area contributed by atoms with E-state index in [0.717, 1.165) is 0 Å². The Balaban J connectivity index is 3.32. The molecule has 0 unspecified atom stereocenters. The molecule has 0 bridgehead atoms. The zero-order chi connectivity index (χ0) is 15.1. The van der Waals surface area contributed by atoms with E-state index < -0.39 is 17.0 Å². The van der Waals surface area contributed by atoms with Gasteiger partial charge in [0.25, 0.3) is 0 Å². The molecule has 1 aromatic rings. The standard InChI is InChI=1S/C14H22N2O3/c1-12(2,3)10-15-7-9(8-16-10)14(19,11(17)18)13(4,5)6/h7-8,19H,1-6H3,(H,17,18)/t14-/m0/s1. The van der Waals surface area contributed by atoms with Crippen LogP contribution in [-0.4, -0.2) is 26.2 Å². The van der Waals surface area contributed by atoms with Gasteiger partial charge < -0.3 is 10.2 Å². The summed E-state index contributed by atoms with van der Waals surface area (Å²) in [6.45, 7) is 10.9. The number of hydrogen-bond donors (Lipinski definition) is 2. The van der Waals surface area contributed by atoms with Crippen molar-refractivity contribution in [3.8, 4) is 0 Å². The molecule has 1 heterocycles. The van der Waals surface area contributed by atoms with Gasteiger partial charge in [-0.15, -0.1) is 0 Å². The van der Waals surface area contributed by atoms with Crippen LogP contribution >= 0.6 is 0 Å². The average molecular weight is 266 g/mol. The Morgan fingerprint density at radius 3 is 1.74 bits per heavy atom. The molecule has 0 amide bonds. The second-order valence-corrected chi connectivity index (χ2v) is 6.81. The van der Waals surface area contributed by atoms with E-state index in [1.54, 1.807) is 20.8 Å². The van der Waals surface area contributed by atoms with Crippen molar-refractivity contribution in [1.29, 1.82) is 0 Å². The lowest BCUT2D eigenvalue weighted by molar-refractivity contribution is -0.173. The summed E-state index contributed by atoms with van der Waals surface area (Å²) in [4.78, 5) is 19.8. The first-order chi connectivity index (χ1) is 8.40. The number of carbonyl (C=O) groups is 1. The molecule has 106 valence electrons. The van der Waals surface area contributed by atoms with Gasteiger partial charge in [0.2, 0.25) is 0 Å². The van der Waals surface area contributed by atoms with Gasteiger partial charge in [0.1, 0.15) is 5.82 Å². The molecule has 0 aliphatic carbocycles. The third-order valence-corrected chi connectivity index (χ3v) is 3.14. The molecule has 1 rings (SSSR count). The van der Waals surface area contributed by atoms with Crippen molar-refractivity contribution in [2.24, 2.45) is 5.41 Å². The van der Waals surface area contributed by atoms with E-state index in [9.17, 15) is 15.0 Å². The van der Waals surface area contributed by atoms with Crippen LogP contribution in [0.15, 0.2) is 12.4 Å². The third kappa shape index (κ3) is 2.76. The topological polar surface area (TPSA) is 83.3 Å². The fourth-order valence-electron chi connectivity index (χ4n) is 1.78. The van der Waals surface area contributed by atoms with Crippen molar-refractivity contribution in [3.63, 3.8) is 0 Å². The minimum absolute atomic E-state index is 0.195. The Morgan fingerprint density at radius 1 is 1.05 bits per heavy atom. The minimum Gasteiger partial charge on any atom is -0.479 e. The van der Waals surface area contributed by atoms with E-state index in [0.29, 0.717) is 5.82 Å². The van der Waals surface area contributed by atoms with Crippen LogP contribution in [0.4, 0.5) is 0 Å². The average Bonchev–Trinajstić information content (AvgIpc) is 2.25. The highest BCUT2D eigenvalue weighted by molar-refractivity contribution is 5.80. The van der Waals surface area contributed by atoms with Gasteiger partial charge in [-0.1, -0.05) is 41.5 Å². The number of carboxylic acid groups (broad SMARTS) is 1. The van der Waals surface area contributed by atoms with Crippen molar-refractivity contribution in [2.45, 2.75) is 52.6 Å². The summed E-state index contributed by atoms with van der Waals surface area (Å²) in [6.07, 6.45) is 2.79. The monoisotopic (exact) mass is 266 g/mol. The highest BCUT2D eigenvalue weighted by Gasteiger charge is 2.49. The van der Waals surface area contributed by atoms with Gasteiger partial charge in [0.05, 0.1) is 0 Å². The van der Waals surface area contributed by atoms with Crippen LogP contribution in [0.2, 0.25) is 0 Å². The normalized spacial score (nSPS) is 15.9. The van der Waals surface area contributed by atoms with Crippen LogP contribution in [0.25, 0.3) is 0 Å². The number of carboxylic acids is 1. The summed E-state index contributed by atoms with van der Waals surface area (Å²) in [7, 11) is 0. The lowest BCUT2D eigenvalue weighted by Crippen LogP contribution is -2.47. The first-order valence-corrected chi connectivity index (χ1v) is 6.19. The maximum atomic E-state index is 11.4. The van der Waals surface area contributed by atoms with E-state index in [1.807, 2.05) is 20.8 Å². The van der Waals surface area contributed by atoms with Gasteiger partial charge in [0, 0.05) is 28.8 Å². The van der Waals surface area contributed by atoms with Crippen LogP contribution in [0.3, 0.4) is 0 Å². The molecule has 0 spiro atoms. The maximum absolute atomic E-state index is 11.4. The second-order valence-electron chi connectivity index (χ2n) is 6.81. The fourth-order valence-corrected chi connectivity index (χ4v) is 1.78. The maximum Gasteiger partial charge on any atom is 0.341 e. The molecule has 2 N–H and O–H groups in total. The first kappa shape index (κ1) is 15.6. The van der Waals surface area contributed by atoms with Crippen LogP contribution in [-0.2, 0) is 15.8 Å². The quantitative estimate of drug-likeness (QED) is 0.856. The number of hydrogen-bond acceptors (Lipinski definition) is 4. The highest BCUT2D eigenvalue weighted by Crippen LogP contribution is 2.39. The molecule has 0 radical (unpaired) electrons. The molecule has 0 saturated heterocycles. The van der Waals surface area contributed by atoms with Crippen molar-refractivity contribution in [3.05, 3.63) is 23.8 Å². The molecule has 19 heavy (non-hydrogen) atoms. The third-order valence-electron chi connectivity index (χ3n) is 3.14. The van der Waals surface area contributed by atoms with Crippen LogP contribution in [0, 0.1) is 5.41 Å². The first-order valence-electron chi connectivity index (χ1n) is 6.19. The molecular weight excluding hydrogens is 244 g/mol. The number of aromatic nitrogens is 2. The molecule has 0 saturated carbocycles. The van der Waals surface area contributed by atoms with E-state index in [-0.39, 0.29) is 11.0 Å². The van der Waals surface area contributed by atoms with E-state index in [4.69, 9.17) is 0 Å². The molecule has 5 heteroatoms. The van der Waals surface area contributed by atoms with Gasteiger partial charge in [-0.2, -0.15) is 0 Å². The van der Waals surface area contributed by atoms with Gasteiger partial charge >= 0.3 is 5.97 Å². The summed E-state index contributed by atoms with van der Waals surface area (Å²) >= 11 is 0. The minimum atomic E-state index is -2.01. The van der Waals surface area contributed by atoms with Crippen molar-refractivity contribution < 1.29 is 15.0 Å². The van der Waals surface area contributed by atoms with Gasteiger partial charge in [-0.3, -0.25) is 0 Å². The van der Waals surface area contributed by atoms with E-state index in [1.165, 1.54) is 12.4 Å². The van der Waals surface area contributed by atoms with Crippen molar-refractivity contribution >= 4 is 5.97 Å². The molecule has 0 aromatic carbocycles. The Morgan fingerprint density at radius 2 is 1.47 bits per heavy atom.